The van der Waals surface area contributed by atoms with Crippen LogP contribution in [-0.4, -0.2) is 13.3 Å². The molecule has 0 saturated heterocycles. The lowest BCUT2D eigenvalue weighted by atomic mass is 9.69. The van der Waals surface area contributed by atoms with Crippen molar-refractivity contribution in [1.29, 1.82) is 0 Å². The summed E-state index contributed by atoms with van der Waals surface area (Å²) < 4.78 is 10.9. The van der Waals surface area contributed by atoms with E-state index < -0.39 is 0 Å². The molecule has 98 valence electrons. The Morgan fingerprint density at radius 3 is 2.78 bits per heavy atom. The SMILES string of the molecule is NCC1(c2ccc3c(c2)OCOC3)CCCCC1. The molecule has 0 radical (unpaired) electrons. The van der Waals surface area contributed by atoms with Crippen LogP contribution in [0.25, 0.3) is 0 Å². The normalized spacial score (nSPS) is 22.1. The Hall–Kier alpha value is -1.06. The first kappa shape index (κ1) is 12.0. The van der Waals surface area contributed by atoms with Gasteiger partial charge in [0.05, 0.1) is 6.61 Å². The van der Waals surface area contributed by atoms with Gasteiger partial charge in [0, 0.05) is 17.5 Å². The van der Waals surface area contributed by atoms with Crippen molar-refractivity contribution in [1.82, 2.24) is 0 Å². The molecule has 1 aliphatic heterocycles. The molecule has 0 atom stereocenters. The third-order valence-electron chi connectivity index (χ3n) is 4.44. The molecular weight excluding hydrogens is 226 g/mol. The Balaban J connectivity index is 1.94. The largest absolute Gasteiger partial charge is 0.467 e. The Bertz CT molecular complexity index is 425. The lowest BCUT2D eigenvalue weighted by molar-refractivity contribution is -0.0165. The summed E-state index contributed by atoms with van der Waals surface area (Å²) in [5.74, 6) is 0.983. The van der Waals surface area contributed by atoms with E-state index in [1.165, 1.54) is 37.7 Å². The Morgan fingerprint density at radius 1 is 1.17 bits per heavy atom. The Kier molecular flexibility index (Phi) is 3.27. The summed E-state index contributed by atoms with van der Waals surface area (Å²) in [5.41, 5.74) is 8.75. The fourth-order valence-corrected chi connectivity index (χ4v) is 3.23. The van der Waals surface area contributed by atoms with Crippen molar-refractivity contribution in [2.75, 3.05) is 13.3 Å². The van der Waals surface area contributed by atoms with Crippen LogP contribution in [0.1, 0.15) is 43.2 Å². The highest BCUT2D eigenvalue weighted by Crippen LogP contribution is 2.40. The maximum absolute atomic E-state index is 6.08. The molecule has 0 unspecified atom stereocenters. The molecule has 18 heavy (non-hydrogen) atoms. The molecule has 1 saturated carbocycles. The minimum absolute atomic E-state index is 0.176. The molecule has 0 aromatic heterocycles. The number of benzene rings is 1. The number of rotatable bonds is 2. The average Bonchev–Trinajstić information content (AvgIpc) is 2.47. The molecule has 0 spiro atoms. The number of nitrogens with two attached hydrogens (primary N) is 1. The van der Waals surface area contributed by atoms with Crippen LogP contribution in [0.5, 0.6) is 5.75 Å². The molecule has 0 bridgehead atoms. The zero-order chi connectivity index (χ0) is 12.4. The molecule has 1 fully saturated rings. The first-order chi connectivity index (χ1) is 8.84. The minimum Gasteiger partial charge on any atom is -0.467 e. The molecule has 1 aliphatic carbocycles. The maximum atomic E-state index is 6.08. The van der Waals surface area contributed by atoms with E-state index in [4.69, 9.17) is 15.2 Å². The van der Waals surface area contributed by atoms with E-state index in [1.54, 1.807) is 0 Å². The van der Waals surface area contributed by atoms with Gasteiger partial charge in [0.2, 0.25) is 0 Å². The van der Waals surface area contributed by atoms with Crippen LogP contribution in [0, 0.1) is 0 Å². The molecule has 3 nitrogen and oxygen atoms in total. The van der Waals surface area contributed by atoms with Gasteiger partial charge in [-0.2, -0.15) is 0 Å². The summed E-state index contributed by atoms with van der Waals surface area (Å²) in [6.07, 6.45) is 6.34. The smallest absolute Gasteiger partial charge is 0.189 e. The first-order valence-electron chi connectivity index (χ1n) is 6.88. The second kappa shape index (κ2) is 4.90. The number of hydrogen-bond acceptors (Lipinski definition) is 3. The standard InChI is InChI=1S/C15H21NO2/c16-10-15(6-2-1-3-7-15)13-5-4-12-9-17-11-18-14(12)8-13/h4-5,8H,1-3,6-7,9-11,16H2. The molecule has 0 amide bonds. The van der Waals surface area contributed by atoms with Gasteiger partial charge in [-0.25, -0.2) is 0 Å². The summed E-state index contributed by atoms with van der Waals surface area (Å²) in [6, 6.07) is 6.54. The fraction of sp³-hybridized carbons (Fsp3) is 0.600. The van der Waals surface area contributed by atoms with Crippen LogP contribution >= 0.6 is 0 Å². The van der Waals surface area contributed by atoms with Crippen LogP contribution in [0.2, 0.25) is 0 Å². The van der Waals surface area contributed by atoms with Crippen LogP contribution in [0.3, 0.4) is 0 Å². The monoisotopic (exact) mass is 247 g/mol. The quantitative estimate of drug-likeness (QED) is 0.874. The van der Waals surface area contributed by atoms with Gasteiger partial charge in [0.1, 0.15) is 5.75 Å². The van der Waals surface area contributed by atoms with Gasteiger partial charge in [0.15, 0.2) is 6.79 Å². The van der Waals surface area contributed by atoms with Gasteiger partial charge < -0.3 is 15.2 Å². The van der Waals surface area contributed by atoms with E-state index in [9.17, 15) is 0 Å². The fourth-order valence-electron chi connectivity index (χ4n) is 3.23. The van der Waals surface area contributed by atoms with Crippen molar-refractivity contribution < 1.29 is 9.47 Å². The third kappa shape index (κ3) is 2.02. The van der Waals surface area contributed by atoms with E-state index in [2.05, 4.69) is 18.2 Å². The average molecular weight is 247 g/mol. The molecule has 2 aliphatic rings. The van der Waals surface area contributed by atoms with E-state index in [1.807, 2.05) is 0 Å². The second-order valence-electron chi connectivity index (χ2n) is 5.48. The zero-order valence-electron chi connectivity index (χ0n) is 10.8. The van der Waals surface area contributed by atoms with Crippen LogP contribution in [0.15, 0.2) is 18.2 Å². The highest BCUT2D eigenvalue weighted by molar-refractivity contribution is 5.41. The summed E-state index contributed by atoms with van der Waals surface area (Å²) >= 11 is 0. The summed E-state index contributed by atoms with van der Waals surface area (Å²) in [4.78, 5) is 0. The van der Waals surface area contributed by atoms with Crippen molar-refractivity contribution >= 4 is 0 Å². The second-order valence-corrected chi connectivity index (χ2v) is 5.48. The van der Waals surface area contributed by atoms with Gasteiger partial charge in [0.25, 0.3) is 0 Å². The van der Waals surface area contributed by atoms with Crippen LogP contribution < -0.4 is 10.5 Å². The molecule has 3 heteroatoms. The molecule has 3 rings (SSSR count). The van der Waals surface area contributed by atoms with Crippen molar-refractivity contribution in [2.24, 2.45) is 5.73 Å². The topological polar surface area (TPSA) is 44.5 Å². The van der Waals surface area contributed by atoms with Gasteiger partial charge in [-0.15, -0.1) is 0 Å². The summed E-state index contributed by atoms with van der Waals surface area (Å²) in [6.45, 7) is 1.76. The number of ether oxygens (including phenoxy) is 2. The van der Waals surface area contributed by atoms with E-state index in [0.29, 0.717) is 13.4 Å². The van der Waals surface area contributed by atoms with Crippen molar-refractivity contribution in [3.8, 4) is 5.75 Å². The lowest BCUT2D eigenvalue weighted by Gasteiger charge is -2.37. The Labute approximate surface area is 108 Å². The summed E-state index contributed by atoms with van der Waals surface area (Å²) in [7, 11) is 0. The maximum Gasteiger partial charge on any atom is 0.189 e. The van der Waals surface area contributed by atoms with Crippen molar-refractivity contribution in [3.05, 3.63) is 29.3 Å². The Morgan fingerprint density at radius 2 is 2.00 bits per heavy atom. The third-order valence-corrected chi connectivity index (χ3v) is 4.44. The predicted octanol–water partition coefficient (Wildman–Crippen LogP) is 2.71. The van der Waals surface area contributed by atoms with Crippen molar-refractivity contribution in [3.63, 3.8) is 0 Å². The van der Waals surface area contributed by atoms with E-state index in [0.717, 1.165) is 17.9 Å². The van der Waals surface area contributed by atoms with Gasteiger partial charge in [-0.1, -0.05) is 31.4 Å². The summed E-state index contributed by atoms with van der Waals surface area (Å²) in [5, 5.41) is 0. The zero-order valence-corrected chi connectivity index (χ0v) is 10.8. The molecule has 2 N–H and O–H groups in total. The van der Waals surface area contributed by atoms with Gasteiger partial charge in [-0.3, -0.25) is 0 Å². The number of hydrogen-bond donors (Lipinski definition) is 1. The van der Waals surface area contributed by atoms with E-state index >= 15 is 0 Å². The van der Waals surface area contributed by atoms with Gasteiger partial charge >= 0.3 is 0 Å². The molecule has 1 aromatic carbocycles. The first-order valence-corrected chi connectivity index (χ1v) is 6.88. The molecular formula is C15H21NO2. The predicted molar refractivity (Wildman–Crippen MR) is 70.5 cm³/mol. The molecule has 1 aromatic rings. The van der Waals surface area contributed by atoms with Gasteiger partial charge in [-0.05, 0) is 24.5 Å². The highest BCUT2D eigenvalue weighted by Gasteiger charge is 2.33. The van der Waals surface area contributed by atoms with Crippen LogP contribution in [0.4, 0.5) is 0 Å². The number of fused-ring (bicyclic) bond motifs is 1. The van der Waals surface area contributed by atoms with E-state index in [-0.39, 0.29) is 5.41 Å². The van der Waals surface area contributed by atoms with Crippen LogP contribution in [-0.2, 0) is 16.8 Å². The highest BCUT2D eigenvalue weighted by atomic mass is 16.7. The lowest BCUT2D eigenvalue weighted by Crippen LogP contribution is -2.37. The minimum atomic E-state index is 0.176. The van der Waals surface area contributed by atoms with Crippen molar-refractivity contribution in [2.45, 2.75) is 44.1 Å². The molecule has 1 heterocycles.